The number of thiophene rings is 1. The molecule has 25 heavy (non-hydrogen) atoms. The monoisotopic (exact) mass is 382 g/mol. The SMILES string of the molecule is CC(=O)OC1=C(C(=O)O)N2C(=O)C(NC(=O)Cc3cccs3)C2SC1. The lowest BCUT2D eigenvalue weighted by Crippen LogP contribution is -2.70. The summed E-state index contributed by atoms with van der Waals surface area (Å²) in [5.74, 6) is -2.75. The zero-order chi connectivity index (χ0) is 18.1. The van der Waals surface area contributed by atoms with Crippen molar-refractivity contribution in [1.82, 2.24) is 10.2 Å². The number of amides is 2. The largest absolute Gasteiger partial charge is 0.476 e. The fourth-order valence-electron chi connectivity index (χ4n) is 2.64. The topological polar surface area (TPSA) is 113 Å². The summed E-state index contributed by atoms with van der Waals surface area (Å²) in [5.41, 5.74) is -0.340. The number of rotatable bonds is 5. The molecule has 0 aromatic carbocycles. The number of aliphatic carboxylic acids is 1. The molecule has 8 nitrogen and oxygen atoms in total. The molecule has 0 bridgehead atoms. The van der Waals surface area contributed by atoms with Gasteiger partial charge in [-0.05, 0) is 11.4 Å². The Labute approximate surface area is 150 Å². The van der Waals surface area contributed by atoms with Gasteiger partial charge in [0.25, 0.3) is 5.91 Å². The van der Waals surface area contributed by atoms with E-state index in [9.17, 15) is 24.3 Å². The van der Waals surface area contributed by atoms with Crippen LogP contribution in [0.25, 0.3) is 0 Å². The van der Waals surface area contributed by atoms with Gasteiger partial charge in [-0.3, -0.25) is 19.3 Å². The fraction of sp³-hybridized carbons (Fsp3) is 0.333. The van der Waals surface area contributed by atoms with Crippen molar-refractivity contribution in [3.63, 3.8) is 0 Å². The summed E-state index contributed by atoms with van der Waals surface area (Å²) in [4.78, 5) is 49.0. The van der Waals surface area contributed by atoms with Gasteiger partial charge in [-0.15, -0.1) is 23.1 Å². The summed E-state index contributed by atoms with van der Waals surface area (Å²) in [6, 6.07) is 2.87. The van der Waals surface area contributed by atoms with Gasteiger partial charge in [0.05, 0.1) is 12.2 Å². The lowest BCUT2D eigenvalue weighted by molar-refractivity contribution is -0.151. The Bertz CT molecular complexity index is 773. The van der Waals surface area contributed by atoms with Gasteiger partial charge in [0.15, 0.2) is 5.70 Å². The molecule has 132 valence electrons. The normalized spacial score (nSPS) is 22.1. The number of hydrogen-bond donors (Lipinski definition) is 2. The Morgan fingerprint density at radius 2 is 2.20 bits per heavy atom. The highest BCUT2D eigenvalue weighted by Gasteiger charge is 2.54. The number of thioether (sulfide) groups is 1. The molecule has 0 radical (unpaired) electrons. The molecular weight excluding hydrogens is 368 g/mol. The lowest BCUT2D eigenvalue weighted by Gasteiger charge is -2.48. The van der Waals surface area contributed by atoms with Crippen LogP contribution in [0.3, 0.4) is 0 Å². The molecule has 2 amide bonds. The second kappa shape index (κ2) is 6.89. The molecule has 2 atom stereocenters. The number of carbonyl (C=O) groups is 4. The van der Waals surface area contributed by atoms with Crippen LogP contribution in [0, 0.1) is 0 Å². The summed E-state index contributed by atoms with van der Waals surface area (Å²) in [6.07, 6.45) is 0.166. The van der Waals surface area contributed by atoms with Crippen LogP contribution in [0.15, 0.2) is 29.0 Å². The van der Waals surface area contributed by atoms with E-state index >= 15 is 0 Å². The summed E-state index contributed by atoms with van der Waals surface area (Å²) in [6.45, 7) is 1.16. The second-order valence-corrected chi connectivity index (χ2v) is 7.52. The number of ether oxygens (including phenoxy) is 1. The number of hydrogen-bond acceptors (Lipinski definition) is 7. The zero-order valence-corrected chi connectivity index (χ0v) is 14.7. The third-order valence-electron chi connectivity index (χ3n) is 3.63. The van der Waals surface area contributed by atoms with E-state index in [1.165, 1.54) is 23.1 Å². The van der Waals surface area contributed by atoms with E-state index in [0.717, 1.165) is 16.7 Å². The molecule has 1 aromatic rings. The number of carbonyl (C=O) groups excluding carboxylic acids is 3. The van der Waals surface area contributed by atoms with Crippen LogP contribution in [0.4, 0.5) is 0 Å². The first kappa shape index (κ1) is 17.5. The van der Waals surface area contributed by atoms with E-state index < -0.39 is 29.3 Å². The van der Waals surface area contributed by atoms with Crippen molar-refractivity contribution in [3.8, 4) is 0 Å². The quantitative estimate of drug-likeness (QED) is 0.565. The highest BCUT2D eigenvalue weighted by Crippen LogP contribution is 2.40. The Hall–Kier alpha value is -2.33. The number of β-lactam (4-membered cyclic amide) rings is 1. The van der Waals surface area contributed by atoms with Crippen LogP contribution in [-0.2, 0) is 30.3 Å². The standard InChI is InChI=1S/C15H14N2O6S2/c1-7(18)23-9-6-25-14-11(13(20)17(14)12(9)15(21)22)16-10(19)5-8-3-2-4-24-8/h2-4,11,14H,5-6H2,1H3,(H,16,19)(H,21,22). The molecule has 1 saturated heterocycles. The minimum Gasteiger partial charge on any atom is -0.476 e. The van der Waals surface area contributed by atoms with E-state index in [0.29, 0.717) is 0 Å². The molecule has 0 spiro atoms. The molecule has 3 rings (SSSR count). The number of fused-ring (bicyclic) bond motifs is 1. The molecule has 2 aliphatic heterocycles. The van der Waals surface area contributed by atoms with E-state index in [1.807, 2.05) is 17.5 Å². The first-order valence-corrected chi connectivity index (χ1v) is 9.22. The van der Waals surface area contributed by atoms with Crippen LogP contribution in [0.2, 0.25) is 0 Å². The molecular formula is C15H14N2O6S2. The summed E-state index contributed by atoms with van der Waals surface area (Å²) >= 11 is 2.68. The van der Waals surface area contributed by atoms with Crippen LogP contribution in [0.1, 0.15) is 11.8 Å². The molecule has 1 aromatic heterocycles. The molecule has 0 saturated carbocycles. The van der Waals surface area contributed by atoms with Gasteiger partial charge in [-0.25, -0.2) is 4.79 Å². The summed E-state index contributed by atoms with van der Waals surface area (Å²) < 4.78 is 4.91. The third-order valence-corrected chi connectivity index (χ3v) is 5.76. The van der Waals surface area contributed by atoms with Gasteiger partial charge < -0.3 is 15.2 Å². The Kier molecular flexibility index (Phi) is 4.82. The van der Waals surface area contributed by atoms with E-state index in [-0.39, 0.29) is 29.5 Å². The highest BCUT2D eigenvalue weighted by atomic mass is 32.2. The second-order valence-electron chi connectivity index (χ2n) is 5.38. The average Bonchev–Trinajstić information content (AvgIpc) is 3.04. The van der Waals surface area contributed by atoms with Crippen molar-refractivity contribution in [3.05, 3.63) is 33.8 Å². The van der Waals surface area contributed by atoms with Gasteiger partial charge in [0.1, 0.15) is 17.2 Å². The highest BCUT2D eigenvalue weighted by molar-refractivity contribution is 8.00. The van der Waals surface area contributed by atoms with Crippen molar-refractivity contribution < 1.29 is 29.0 Å². The maximum atomic E-state index is 12.3. The van der Waals surface area contributed by atoms with Crippen LogP contribution < -0.4 is 5.32 Å². The summed E-state index contributed by atoms with van der Waals surface area (Å²) in [7, 11) is 0. The molecule has 10 heteroatoms. The smallest absolute Gasteiger partial charge is 0.356 e. The number of carboxylic acid groups (broad SMARTS) is 1. The zero-order valence-electron chi connectivity index (χ0n) is 13.1. The average molecular weight is 382 g/mol. The Morgan fingerprint density at radius 1 is 1.44 bits per heavy atom. The van der Waals surface area contributed by atoms with Gasteiger partial charge in [-0.2, -0.15) is 0 Å². The molecule has 3 heterocycles. The van der Waals surface area contributed by atoms with Crippen LogP contribution in [0.5, 0.6) is 0 Å². The van der Waals surface area contributed by atoms with Crippen LogP contribution >= 0.6 is 23.1 Å². The van der Waals surface area contributed by atoms with E-state index in [4.69, 9.17) is 4.74 Å². The summed E-state index contributed by atoms with van der Waals surface area (Å²) in [5, 5.41) is 13.3. The van der Waals surface area contributed by atoms with Crippen molar-refractivity contribution in [2.75, 3.05) is 5.75 Å². The number of nitrogens with one attached hydrogen (secondary N) is 1. The van der Waals surface area contributed by atoms with Crippen molar-refractivity contribution in [1.29, 1.82) is 0 Å². The van der Waals surface area contributed by atoms with Gasteiger partial charge >= 0.3 is 11.9 Å². The predicted octanol–water partition coefficient (Wildman–Crippen LogP) is 0.550. The lowest BCUT2D eigenvalue weighted by atomic mass is 10.0. The molecule has 0 aliphatic carbocycles. The maximum Gasteiger partial charge on any atom is 0.356 e. The minimum atomic E-state index is -1.35. The Morgan fingerprint density at radius 3 is 2.80 bits per heavy atom. The fourth-order valence-corrected chi connectivity index (χ4v) is 4.60. The first-order chi connectivity index (χ1) is 11.9. The maximum absolute atomic E-state index is 12.3. The van der Waals surface area contributed by atoms with E-state index in [1.54, 1.807) is 0 Å². The van der Waals surface area contributed by atoms with Crippen LogP contribution in [-0.4, -0.2) is 50.9 Å². The van der Waals surface area contributed by atoms with Gasteiger partial charge in [0, 0.05) is 11.8 Å². The van der Waals surface area contributed by atoms with Crippen molar-refractivity contribution in [2.24, 2.45) is 0 Å². The van der Waals surface area contributed by atoms with Gasteiger partial charge in [-0.1, -0.05) is 6.07 Å². The molecule has 2 N–H and O–H groups in total. The predicted molar refractivity (Wildman–Crippen MR) is 89.5 cm³/mol. The van der Waals surface area contributed by atoms with Gasteiger partial charge in [0.2, 0.25) is 5.91 Å². The van der Waals surface area contributed by atoms with E-state index in [2.05, 4.69) is 5.32 Å². The number of nitrogens with zero attached hydrogens (tertiary/aromatic N) is 1. The number of esters is 1. The van der Waals surface area contributed by atoms with Crippen molar-refractivity contribution in [2.45, 2.75) is 24.8 Å². The molecule has 2 unspecified atom stereocenters. The molecule has 1 fully saturated rings. The van der Waals surface area contributed by atoms with Crippen molar-refractivity contribution >= 4 is 46.9 Å². The third kappa shape index (κ3) is 3.40. The Balaban J connectivity index is 1.72. The minimum absolute atomic E-state index is 0.0574. The first-order valence-electron chi connectivity index (χ1n) is 7.29. The molecule has 2 aliphatic rings. The number of carboxylic acids is 1.